The van der Waals surface area contributed by atoms with Crippen LogP contribution in [-0.2, 0) is 14.3 Å². The van der Waals surface area contributed by atoms with Gasteiger partial charge in [-0.05, 0) is 12.8 Å². The third kappa shape index (κ3) is 10.6. The van der Waals surface area contributed by atoms with Crippen LogP contribution < -0.4 is 0 Å². The van der Waals surface area contributed by atoms with Crippen LogP contribution in [-0.4, -0.2) is 11.9 Å². The maximum atomic E-state index is 11.3. The number of ether oxygens (including phenoxy) is 1. The third-order valence-electron chi connectivity index (χ3n) is 4.75. The van der Waals surface area contributed by atoms with E-state index < -0.39 is 5.97 Å². The molecule has 0 aromatic carbocycles. The summed E-state index contributed by atoms with van der Waals surface area (Å²) in [6, 6.07) is 0. The van der Waals surface area contributed by atoms with E-state index in [1.54, 1.807) is 0 Å². The molecule has 1 saturated heterocycles. The molecule has 1 atom stereocenters. The number of esters is 2. The highest BCUT2D eigenvalue weighted by molar-refractivity contribution is 5.95. The highest BCUT2D eigenvalue weighted by Crippen LogP contribution is 2.18. The molecule has 3 nitrogen and oxygen atoms in total. The third-order valence-corrected chi connectivity index (χ3v) is 4.75. The molecular formula is C21H36O3. The lowest BCUT2D eigenvalue weighted by Crippen LogP contribution is -2.03. The van der Waals surface area contributed by atoms with Crippen molar-refractivity contribution in [2.24, 2.45) is 5.92 Å². The van der Waals surface area contributed by atoms with E-state index in [-0.39, 0.29) is 18.3 Å². The van der Waals surface area contributed by atoms with Crippen molar-refractivity contribution in [2.75, 3.05) is 0 Å². The molecule has 24 heavy (non-hydrogen) atoms. The van der Waals surface area contributed by atoms with Crippen LogP contribution in [0, 0.1) is 5.92 Å². The van der Waals surface area contributed by atoms with Gasteiger partial charge in [0.05, 0.1) is 12.3 Å². The number of cyclic esters (lactones) is 2. The molecule has 0 aromatic rings. The van der Waals surface area contributed by atoms with Gasteiger partial charge >= 0.3 is 11.9 Å². The molecule has 1 aliphatic heterocycles. The molecule has 0 aromatic heterocycles. The van der Waals surface area contributed by atoms with Crippen molar-refractivity contribution in [1.29, 1.82) is 0 Å². The van der Waals surface area contributed by atoms with Gasteiger partial charge in [-0.25, -0.2) is 0 Å². The second kappa shape index (κ2) is 14.2. The summed E-state index contributed by atoms with van der Waals surface area (Å²) in [4.78, 5) is 22.2. The van der Waals surface area contributed by atoms with Gasteiger partial charge in [-0.15, -0.1) is 0 Å². The van der Waals surface area contributed by atoms with E-state index in [1.807, 2.05) is 12.2 Å². The zero-order valence-electron chi connectivity index (χ0n) is 15.6. The van der Waals surface area contributed by atoms with Gasteiger partial charge in [0.25, 0.3) is 0 Å². The maximum absolute atomic E-state index is 11.3. The van der Waals surface area contributed by atoms with Gasteiger partial charge in [0, 0.05) is 0 Å². The fourth-order valence-corrected chi connectivity index (χ4v) is 3.18. The molecule has 0 amide bonds. The number of hydrogen-bond donors (Lipinski definition) is 0. The van der Waals surface area contributed by atoms with Crippen molar-refractivity contribution in [3.8, 4) is 0 Å². The summed E-state index contributed by atoms with van der Waals surface area (Å²) in [7, 11) is 0. The lowest BCUT2D eigenvalue weighted by molar-refractivity contribution is -0.152. The van der Waals surface area contributed by atoms with Crippen molar-refractivity contribution in [1.82, 2.24) is 0 Å². The van der Waals surface area contributed by atoms with Crippen LogP contribution in [0.25, 0.3) is 0 Å². The van der Waals surface area contributed by atoms with E-state index in [0.717, 1.165) is 6.42 Å². The van der Waals surface area contributed by atoms with Crippen LogP contribution in [0.15, 0.2) is 12.2 Å². The maximum Gasteiger partial charge on any atom is 0.321 e. The molecule has 3 heteroatoms. The minimum absolute atomic E-state index is 0.216. The zero-order chi connectivity index (χ0) is 17.5. The summed E-state index contributed by atoms with van der Waals surface area (Å²) in [5.41, 5.74) is 0. The fraction of sp³-hybridized carbons (Fsp3) is 0.810. The lowest BCUT2D eigenvalue weighted by atomic mass is 10.0. The minimum atomic E-state index is -0.393. The molecule has 1 heterocycles. The first-order valence-corrected chi connectivity index (χ1v) is 10.1. The fourth-order valence-electron chi connectivity index (χ4n) is 3.18. The number of rotatable bonds is 15. The number of allylic oxidation sites excluding steroid dienone is 1. The van der Waals surface area contributed by atoms with Gasteiger partial charge in [0.1, 0.15) is 0 Å². The van der Waals surface area contributed by atoms with Gasteiger partial charge in [0.15, 0.2) is 0 Å². The summed E-state index contributed by atoms with van der Waals surface area (Å²) in [6.07, 6.45) is 22.8. The number of carbonyl (C=O) groups is 2. The standard InChI is InChI=1S/C21H36O3/c1-2-3-4-5-6-7-8-9-10-11-12-13-14-15-16-17-19-18-20(22)24-21(19)23/h16-17,19H,2-15,18H2,1H3. The molecule has 138 valence electrons. The predicted molar refractivity (Wildman–Crippen MR) is 98.7 cm³/mol. The number of hydrogen-bond acceptors (Lipinski definition) is 3. The normalized spacial score (nSPS) is 17.8. The van der Waals surface area contributed by atoms with Crippen molar-refractivity contribution in [3.05, 3.63) is 12.2 Å². The van der Waals surface area contributed by atoms with E-state index >= 15 is 0 Å². The summed E-state index contributed by atoms with van der Waals surface area (Å²) in [5, 5.41) is 0. The van der Waals surface area contributed by atoms with Crippen LogP contribution in [0.4, 0.5) is 0 Å². The van der Waals surface area contributed by atoms with Crippen molar-refractivity contribution < 1.29 is 14.3 Å². The summed E-state index contributed by atoms with van der Waals surface area (Å²) in [6.45, 7) is 2.27. The largest absolute Gasteiger partial charge is 0.393 e. The van der Waals surface area contributed by atoms with Crippen molar-refractivity contribution in [3.63, 3.8) is 0 Å². The van der Waals surface area contributed by atoms with Crippen molar-refractivity contribution >= 4 is 11.9 Å². The summed E-state index contributed by atoms with van der Waals surface area (Å²) < 4.78 is 4.52. The first kappa shape index (κ1) is 20.9. The Balaban J connectivity index is 1.79. The quantitative estimate of drug-likeness (QED) is 0.157. The van der Waals surface area contributed by atoms with Gasteiger partial charge in [0.2, 0.25) is 0 Å². The second-order valence-electron chi connectivity index (χ2n) is 7.06. The Morgan fingerprint density at radius 2 is 1.33 bits per heavy atom. The second-order valence-corrected chi connectivity index (χ2v) is 7.06. The molecule has 1 unspecified atom stereocenters. The molecule has 0 aliphatic carbocycles. The zero-order valence-corrected chi connectivity index (χ0v) is 15.6. The minimum Gasteiger partial charge on any atom is -0.393 e. The Hall–Kier alpha value is -1.12. The lowest BCUT2D eigenvalue weighted by Gasteiger charge is -2.02. The Morgan fingerprint density at radius 1 is 0.833 bits per heavy atom. The van der Waals surface area contributed by atoms with Crippen LogP contribution in [0.5, 0.6) is 0 Å². The molecule has 1 fully saturated rings. The van der Waals surface area contributed by atoms with Crippen molar-refractivity contribution in [2.45, 2.75) is 103 Å². The van der Waals surface area contributed by atoms with Gasteiger partial charge in [-0.2, -0.15) is 0 Å². The van der Waals surface area contributed by atoms with E-state index in [4.69, 9.17) is 0 Å². The van der Waals surface area contributed by atoms with E-state index in [2.05, 4.69) is 11.7 Å². The molecule has 0 spiro atoms. The summed E-state index contributed by atoms with van der Waals surface area (Å²) in [5.74, 6) is -1.11. The molecule has 0 bridgehead atoms. The predicted octanol–water partition coefficient (Wildman–Crippen LogP) is 6.11. The SMILES string of the molecule is CCCCCCCCCCCCCCCC=CC1CC(=O)OC1=O. The van der Waals surface area contributed by atoms with Crippen LogP contribution >= 0.6 is 0 Å². The number of unbranched alkanes of at least 4 members (excludes halogenated alkanes) is 13. The van der Waals surface area contributed by atoms with Crippen LogP contribution in [0.3, 0.4) is 0 Å². The highest BCUT2D eigenvalue weighted by atomic mass is 16.6. The average Bonchev–Trinajstić information content (AvgIpc) is 2.88. The first-order valence-electron chi connectivity index (χ1n) is 10.1. The van der Waals surface area contributed by atoms with E-state index in [0.29, 0.717) is 0 Å². The monoisotopic (exact) mass is 336 g/mol. The molecular weight excluding hydrogens is 300 g/mol. The molecule has 1 rings (SSSR count). The average molecular weight is 337 g/mol. The number of carbonyl (C=O) groups excluding carboxylic acids is 2. The molecule has 0 saturated carbocycles. The van der Waals surface area contributed by atoms with Crippen LogP contribution in [0.1, 0.15) is 103 Å². The van der Waals surface area contributed by atoms with Crippen LogP contribution in [0.2, 0.25) is 0 Å². The topological polar surface area (TPSA) is 43.4 Å². The van der Waals surface area contributed by atoms with E-state index in [1.165, 1.54) is 83.5 Å². The Labute approximate surface area is 148 Å². The van der Waals surface area contributed by atoms with Gasteiger partial charge < -0.3 is 4.74 Å². The Bertz CT molecular complexity index is 373. The Morgan fingerprint density at radius 3 is 1.79 bits per heavy atom. The van der Waals surface area contributed by atoms with Gasteiger partial charge in [-0.3, -0.25) is 9.59 Å². The molecule has 0 N–H and O–H groups in total. The summed E-state index contributed by atoms with van der Waals surface area (Å²) >= 11 is 0. The molecule has 1 aliphatic rings. The smallest absolute Gasteiger partial charge is 0.321 e. The molecule has 0 radical (unpaired) electrons. The highest BCUT2D eigenvalue weighted by Gasteiger charge is 2.30. The van der Waals surface area contributed by atoms with Gasteiger partial charge in [-0.1, -0.05) is 96.1 Å². The van der Waals surface area contributed by atoms with E-state index in [9.17, 15) is 9.59 Å². The Kier molecular flexibility index (Phi) is 12.4. The first-order chi connectivity index (χ1) is 11.7.